The first-order chi connectivity index (χ1) is 8.76. The van der Waals surface area contributed by atoms with E-state index in [2.05, 4.69) is 5.43 Å². The third-order valence-corrected chi connectivity index (χ3v) is 3.37. The quantitative estimate of drug-likeness (QED) is 0.550. The van der Waals surface area contributed by atoms with E-state index in [-0.39, 0.29) is 18.6 Å². The molecule has 1 aromatic rings. The topological polar surface area (TPSA) is 78.6 Å². The maximum Gasteiger partial charge on any atom is 0.254 e. The highest BCUT2D eigenvalue weighted by Crippen LogP contribution is 2.20. The first-order valence-corrected chi connectivity index (χ1v) is 6.24. The van der Waals surface area contributed by atoms with Crippen LogP contribution in [0.4, 0.5) is 5.69 Å². The van der Waals surface area contributed by atoms with Crippen LogP contribution >= 0.6 is 0 Å². The molecule has 5 heteroatoms. The lowest BCUT2D eigenvalue weighted by Gasteiger charge is -2.34. The molecule has 1 heterocycles. The van der Waals surface area contributed by atoms with Gasteiger partial charge in [0, 0.05) is 17.8 Å². The van der Waals surface area contributed by atoms with Crippen molar-refractivity contribution in [3.63, 3.8) is 0 Å². The number of carbonyl (C=O) groups excluding carboxylic acids is 1. The highest BCUT2D eigenvalue weighted by atomic mass is 16.3. The molecule has 0 bridgehead atoms. The van der Waals surface area contributed by atoms with E-state index in [1.165, 1.54) is 0 Å². The number of nitrogens with two attached hydrogens (primary N) is 1. The van der Waals surface area contributed by atoms with Crippen molar-refractivity contribution in [3.05, 3.63) is 29.8 Å². The average molecular weight is 249 g/mol. The van der Waals surface area contributed by atoms with Gasteiger partial charge in [-0.3, -0.25) is 10.6 Å². The molecule has 98 valence electrons. The average Bonchev–Trinajstić information content (AvgIpc) is 2.46. The van der Waals surface area contributed by atoms with Crippen LogP contribution in [-0.4, -0.2) is 35.1 Å². The number of hydrazine groups is 1. The summed E-state index contributed by atoms with van der Waals surface area (Å²) in [6.45, 7) is 0.741. The van der Waals surface area contributed by atoms with Crippen molar-refractivity contribution in [3.8, 4) is 0 Å². The number of likely N-dealkylation sites (tertiary alicyclic amines) is 1. The van der Waals surface area contributed by atoms with E-state index < -0.39 is 0 Å². The molecular weight excluding hydrogens is 230 g/mol. The van der Waals surface area contributed by atoms with Crippen molar-refractivity contribution < 1.29 is 9.90 Å². The summed E-state index contributed by atoms with van der Waals surface area (Å²) < 4.78 is 0. The molecule has 0 aromatic heterocycles. The molecule has 1 atom stereocenters. The molecule has 1 aliphatic rings. The second-order valence-corrected chi connectivity index (χ2v) is 4.56. The van der Waals surface area contributed by atoms with Gasteiger partial charge in [0.15, 0.2) is 0 Å². The number of anilines is 1. The molecule has 18 heavy (non-hydrogen) atoms. The summed E-state index contributed by atoms with van der Waals surface area (Å²) in [6.07, 6.45) is 2.94. The van der Waals surface area contributed by atoms with Crippen molar-refractivity contribution in [2.24, 2.45) is 5.84 Å². The van der Waals surface area contributed by atoms with Crippen LogP contribution in [0.25, 0.3) is 0 Å². The Kier molecular flexibility index (Phi) is 4.17. The van der Waals surface area contributed by atoms with Crippen molar-refractivity contribution in [1.82, 2.24) is 4.90 Å². The number of aliphatic hydroxyl groups is 1. The zero-order valence-electron chi connectivity index (χ0n) is 10.3. The summed E-state index contributed by atoms with van der Waals surface area (Å²) in [5.74, 6) is 5.30. The molecule has 1 unspecified atom stereocenters. The number of nitrogens with zero attached hydrogens (tertiary/aromatic N) is 1. The molecule has 1 aromatic carbocycles. The Bertz CT molecular complexity index is 422. The minimum absolute atomic E-state index is 0.0283. The van der Waals surface area contributed by atoms with Crippen LogP contribution in [0, 0.1) is 0 Å². The number of aliphatic hydroxyl groups excluding tert-OH is 1. The van der Waals surface area contributed by atoms with Gasteiger partial charge in [-0.1, -0.05) is 6.07 Å². The summed E-state index contributed by atoms with van der Waals surface area (Å²) in [4.78, 5) is 14.1. The number of hydrogen-bond acceptors (Lipinski definition) is 4. The van der Waals surface area contributed by atoms with E-state index in [0.717, 1.165) is 19.3 Å². The second kappa shape index (κ2) is 5.84. The van der Waals surface area contributed by atoms with Crippen LogP contribution in [0.5, 0.6) is 0 Å². The molecule has 2 rings (SSSR count). The van der Waals surface area contributed by atoms with Gasteiger partial charge in [-0.25, -0.2) is 0 Å². The number of piperidine rings is 1. The molecule has 1 amide bonds. The van der Waals surface area contributed by atoms with E-state index in [1.54, 1.807) is 29.2 Å². The largest absolute Gasteiger partial charge is 0.394 e. The normalized spacial score (nSPS) is 19.7. The zero-order chi connectivity index (χ0) is 13.0. The molecule has 1 aliphatic heterocycles. The molecule has 1 fully saturated rings. The number of amides is 1. The molecule has 0 spiro atoms. The molecule has 5 nitrogen and oxygen atoms in total. The zero-order valence-corrected chi connectivity index (χ0v) is 10.3. The lowest BCUT2D eigenvalue weighted by Crippen LogP contribution is -2.45. The minimum atomic E-state index is -0.0549. The van der Waals surface area contributed by atoms with E-state index in [1.807, 2.05) is 0 Å². The van der Waals surface area contributed by atoms with E-state index in [4.69, 9.17) is 5.84 Å². The summed E-state index contributed by atoms with van der Waals surface area (Å²) in [6, 6.07) is 7.04. The van der Waals surface area contributed by atoms with Gasteiger partial charge in [0.05, 0.1) is 12.6 Å². The number of hydrogen-bond donors (Lipinski definition) is 3. The van der Waals surface area contributed by atoms with Crippen molar-refractivity contribution in [2.75, 3.05) is 18.6 Å². The highest BCUT2D eigenvalue weighted by molar-refractivity contribution is 5.95. The number of rotatable bonds is 3. The third-order valence-electron chi connectivity index (χ3n) is 3.37. The predicted octanol–water partition coefficient (Wildman–Crippen LogP) is 0.959. The Morgan fingerprint density at radius 3 is 3.06 bits per heavy atom. The standard InChI is InChI=1S/C13H19N3O2/c14-15-11-5-3-4-10(8-11)13(18)16-7-2-1-6-12(16)9-17/h3-5,8,12,15,17H,1-2,6-7,9,14H2. The van der Waals surface area contributed by atoms with Crippen LogP contribution in [0.1, 0.15) is 29.6 Å². The number of carbonyl (C=O) groups is 1. The van der Waals surface area contributed by atoms with E-state index in [9.17, 15) is 9.90 Å². The molecule has 0 aliphatic carbocycles. The van der Waals surface area contributed by atoms with Gasteiger partial charge in [0.2, 0.25) is 0 Å². The van der Waals surface area contributed by atoms with Crippen molar-refractivity contribution in [1.29, 1.82) is 0 Å². The maximum atomic E-state index is 12.4. The van der Waals surface area contributed by atoms with Gasteiger partial charge in [0.1, 0.15) is 0 Å². The smallest absolute Gasteiger partial charge is 0.254 e. The van der Waals surface area contributed by atoms with Gasteiger partial charge >= 0.3 is 0 Å². The molecule has 0 radical (unpaired) electrons. The highest BCUT2D eigenvalue weighted by Gasteiger charge is 2.26. The van der Waals surface area contributed by atoms with Crippen LogP contribution in [0.3, 0.4) is 0 Å². The summed E-state index contributed by atoms with van der Waals surface area (Å²) in [5.41, 5.74) is 3.84. The fourth-order valence-electron chi connectivity index (χ4n) is 2.37. The van der Waals surface area contributed by atoms with E-state index in [0.29, 0.717) is 17.8 Å². The minimum Gasteiger partial charge on any atom is -0.394 e. The Labute approximate surface area is 107 Å². The van der Waals surface area contributed by atoms with Gasteiger partial charge in [-0.15, -0.1) is 0 Å². The Morgan fingerprint density at radius 2 is 2.33 bits per heavy atom. The fourth-order valence-corrected chi connectivity index (χ4v) is 2.37. The van der Waals surface area contributed by atoms with Crippen LogP contribution in [0.15, 0.2) is 24.3 Å². The maximum absolute atomic E-state index is 12.4. The van der Waals surface area contributed by atoms with Crippen LogP contribution in [0.2, 0.25) is 0 Å². The lowest BCUT2D eigenvalue weighted by molar-refractivity contribution is 0.0503. The van der Waals surface area contributed by atoms with Crippen LogP contribution < -0.4 is 11.3 Å². The molecular formula is C13H19N3O2. The van der Waals surface area contributed by atoms with Gasteiger partial charge in [0.25, 0.3) is 5.91 Å². The van der Waals surface area contributed by atoms with Crippen LogP contribution in [-0.2, 0) is 0 Å². The SMILES string of the molecule is NNc1cccc(C(=O)N2CCCCC2CO)c1. The lowest BCUT2D eigenvalue weighted by atomic mass is 10.0. The van der Waals surface area contributed by atoms with E-state index >= 15 is 0 Å². The van der Waals surface area contributed by atoms with Gasteiger partial charge < -0.3 is 15.4 Å². The molecule has 0 saturated carbocycles. The predicted molar refractivity (Wildman–Crippen MR) is 70.0 cm³/mol. The molecule has 1 saturated heterocycles. The Balaban J connectivity index is 2.18. The summed E-state index contributed by atoms with van der Waals surface area (Å²) in [5, 5.41) is 9.33. The number of benzene rings is 1. The Hall–Kier alpha value is -1.59. The summed E-state index contributed by atoms with van der Waals surface area (Å²) >= 11 is 0. The first kappa shape index (κ1) is 12.9. The monoisotopic (exact) mass is 249 g/mol. The number of nitrogen functional groups attached to an aromatic ring is 1. The Morgan fingerprint density at radius 1 is 1.50 bits per heavy atom. The fraction of sp³-hybridized carbons (Fsp3) is 0.462. The third kappa shape index (κ3) is 2.63. The van der Waals surface area contributed by atoms with Gasteiger partial charge in [-0.05, 0) is 37.5 Å². The summed E-state index contributed by atoms with van der Waals surface area (Å²) in [7, 11) is 0. The molecule has 4 N–H and O–H groups in total. The first-order valence-electron chi connectivity index (χ1n) is 6.24. The second-order valence-electron chi connectivity index (χ2n) is 4.56. The van der Waals surface area contributed by atoms with Crippen molar-refractivity contribution >= 4 is 11.6 Å². The van der Waals surface area contributed by atoms with Crippen molar-refractivity contribution in [2.45, 2.75) is 25.3 Å². The van der Waals surface area contributed by atoms with Gasteiger partial charge in [-0.2, -0.15) is 0 Å². The number of nitrogens with one attached hydrogen (secondary N) is 1.